The van der Waals surface area contributed by atoms with Gasteiger partial charge in [0, 0.05) is 13.2 Å². The van der Waals surface area contributed by atoms with Crippen molar-refractivity contribution in [2.75, 3.05) is 13.2 Å². The second-order valence-electron chi connectivity index (χ2n) is 7.48. The van der Waals surface area contributed by atoms with Crippen LogP contribution in [0.5, 0.6) is 0 Å². The first-order valence-corrected chi connectivity index (χ1v) is 11.1. The fourth-order valence-corrected chi connectivity index (χ4v) is 4.99. The lowest BCUT2D eigenvalue weighted by Gasteiger charge is -2.07. The number of benzene rings is 3. The minimum absolute atomic E-state index is 0.127. The minimum atomic E-state index is -0.127. The summed E-state index contributed by atoms with van der Waals surface area (Å²) in [5, 5.41) is 2.25. The number of nitrogens with zero attached hydrogens (tertiary/aromatic N) is 2. The van der Waals surface area contributed by atoms with Gasteiger partial charge >= 0.3 is 0 Å². The van der Waals surface area contributed by atoms with Crippen molar-refractivity contribution in [1.82, 2.24) is 4.57 Å². The van der Waals surface area contributed by atoms with E-state index in [1.165, 1.54) is 15.8 Å². The molecule has 1 heterocycles. The highest BCUT2D eigenvalue weighted by Crippen LogP contribution is 2.24. The van der Waals surface area contributed by atoms with Gasteiger partial charge in [-0.1, -0.05) is 59.9 Å². The topological polar surface area (TPSA) is 43.6 Å². The Morgan fingerprint density at radius 1 is 1.10 bits per heavy atom. The number of ether oxygens (including phenoxy) is 1. The summed E-state index contributed by atoms with van der Waals surface area (Å²) >= 11 is 1.58. The van der Waals surface area contributed by atoms with E-state index in [0.29, 0.717) is 26.2 Å². The van der Waals surface area contributed by atoms with Crippen molar-refractivity contribution in [3.05, 3.63) is 76.1 Å². The lowest BCUT2D eigenvalue weighted by molar-refractivity contribution is -0.117. The molecule has 0 unspecified atom stereocenters. The summed E-state index contributed by atoms with van der Waals surface area (Å²) in [6.07, 6.45) is 0.291. The third kappa shape index (κ3) is 4.23. The molecule has 3 aromatic carbocycles. The van der Waals surface area contributed by atoms with Gasteiger partial charge in [0.25, 0.3) is 5.91 Å². The average Bonchev–Trinajstić information content (AvgIpc) is 3.06. The molecule has 0 aliphatic carbocycles. The molecule has 0 saturated carbocycles. The molecular weight excluding hydrogens is 392 g/mol. The lowest BCUT2D eigenvalue weighted by atomic mass is 10.0. The Kier molecular flexibility index (Phi) is 6.11. The number of hydrogen-bond donors (Lipinski definition) is 0. The van der Waals surface area contributed by atoms with Crippen molar-refractivity contribution >= 4 is 38.2 Å². The van der Waals surface area contributed by atoms with Crippen LogP contribution in [0.1, 0.15) is 23.6 Å². The Hall–Kier alpha value is -2.76. The molecule has 1 amide bonds. The van der Waals surface area contributed by atoms with E-state index < -0.39 is 0 Å². The summed E-state index contributed by atoms with van der Waals surface area (Å²) in [6.45, 7) is 8.15. The van der Waals surface area contributed by atoms with Crippen LogP contribution in [-0.2, 0) is 22.5 Å². The smallest absolute Gasteiger partial charge is 0.252 e. The molecule has 0 bridgehead atoms. The van der Waals surface area contributed by atoms with Crippen molar-refractivity contribution in [2.45, 2.75) is 33.7 Å². The second-order valence-corrected chi connectivity index (χ2v) is 8.46. The van der Waals surface area contributed by atoms with E-state index in [9.17, 15) is 4.79 Å². The quantitative estimate of drug-likeness (QED) is 0.405. The van der Waals surface area contributed by atoms with Gasteiger partial charge in [-0.25, -0.2) is 0 Å². The van der Waals surface area contributed by atoms with E-state index in [1.54, 1.807) is 11.3 Å². The third-order valence-corrected chi connectivity index (χ3v) is 6.45. The molecule has 0 N–H and O–H groups in total. The Labute approximate surface area is 180 Å². The van der Waals surface area contributed by atoms with E-state index >= 15 is 0 Å². The van der Waals surface area contributed by atoms with Crippen molar-refractivity contribution < 1.29 is 9.53 Å². The molecule has 0 aliphatic heterocycles. The number of aromatic nitrogens is 1. The molecule has 0 aliphatic rings. The molecular formula is C25H26N2O2S. The molecule has 0 radical (unpaired) electrons. The molecule has 5 heteroatoms. The van der Waals surface area contributed by atoms with Gasteiger partial charge in [-0.05, 0) is 54.3 Å². The summed E-state index contributed by atoms with van der Waals surface area (Å²) in [5.74, 6) is -0.127. The van der Waals surface area contributed by atoms with Crippen LogP contribution in [0.25, 0.3) is 21.0 Å². The Bertz CT molecular complexity index is 1280. The number of aryl methyl sites for hydroxylation is 2. The van der Waals surface area contributed by atoms with E-state index in [-0.39, 0.29) is 5.91 Å². The highest BCUT2D eigenvalue weighted by Gasteiger charge is 2.12. The van der Waals surface area contributed by atoms with Crippen molar-refractivity contribution in [3.8, 4) is 0 Å². The van der Waals surface area contributed by atoms with E-state index in [2.05, 4.69) is 53.7 Å². The van der Waals surface area contributed by atoms with Gasteiger partial charge in [-0.3, -0.25) is 4.79 Å². The highest BCUT2D eigenvalue weighted by molar-refractivity contribution is 7.16. The van der Waals surface area contributed by atoms with Gasteiger partial charge in [-0.2, -0.15) is 4.99 Å². The first kappa shape index (κ1) is 20.5. The maximum absolute atomic E-state index is 12.9. The fraction of sp³-hybridized carbons (Fsp3) is 0.280. The zero-order chi connectivity index (χ0) is 21.1. The number of carbonyl (C=O) groups is 1. The number of carbonyl (C=O) groups excluding carboxylic acids is 1. The van der Waals surface area contributed by atoms with Crippen LogP contribution < -0.4 is 4.80 Å². The Balaban J connectivity index is 1.74. The summed E-state index contributed by atoms with van der Waals surface area (Å²) < 4.78 is 8.87. The largest absolute Gasteiger partial charge is 0.380 e. The predicted octanol–water partition coefficient (Wildman–Crippen LogP) is 5.18. The molecule has 1 aromatic heterocycles. The summed E-state index contributed by atoms with van der Waals surface area (Å²) in [5.41, 5.74) is 4.55. The molecule has 4 nitrogen and oxygen atoms in total. The van der Waals surface area contributed by atoms with E-state index in [0.717, 1.165) is 26.7 Å². The van der Waals surface area contributed by atoms with Crippen LogP contribution in [0.15, 0.2) is 59.6 Å². The van der Waals surface area contributed by atoms with Crippen molar-refractivity contribution in [3.63, 3.8) is 0 Å². The van der Waals surface area contributed by atoms with Gasteiger partial charge in [0.1, 0.15) is 0 Å². The highest BCUT2D eigenvalue weighted by atomic mass is 32.1. The minimum Gasteiger partial charge on any atom is -0.380 e. The zero-order valence-corrected chi connectivity index (χ0v) is 18.5. The van der Waals surface area contributed by atoms with Crippen LogP contribution >= 0.6 is 11.3 Å². The van der Waals surface area contributed by atoms with Crippen LogP contribution in [0.3, 0.4) is 0 Å². The predicted molar refractivity (Wildman–Crippen MR) is 124 cm³/mol. The number of amides is 1. The van der Waals surface area contributed by atoms with E-state index in [4.69, 9.17) is 4.74 Å². The molecule has 30 heavy (non-hydrogen) atoms. The average molecular weight is 419 g/mol. The number of hydrogen-bond acceptors (Lipinski definition) is 3. The second kappa shape index (κ2) is 8.94. The van der Waals surface area contributed by atoms with Crippen LogP contribution in [0.2, 0.25) is 0 Å². The monoisotopic (exact) mass is 418 g/mol. The number of thiazole rings is 1. The first-order chi connectivity index (χ1) is 14.6. The number of rotatable bonds is 6. The SMILES string of the molecule is CCOCCn1c(=NC(=O)Cc2cccc3ccccc23)sc2c(C)cc(C)cc21. The van der Waals surface area contributed by atoms with Crippen LogP contribution in [-0.4, -0.2) is 23.7 Å². The molecule has 4 aromatic rings. The van der Waals surface area contributed by atoms with Gasteiger partial charge in [0.05, 0.1) is 23.2 Å². The van der Waals surface area contributed by atoms with Crippen LogP contribution in [0, 0.1) is 13.8 Å². The maximum atomic E-state index is 12.9. The molecule has 4 rings (SSSR count). The summed E-state index contributed by atoms with van der Waals surface area (Å²) in [6, 6.07) is 18.6. The normalized spacial score (nSPS) is 12.2. The third-order valence-electron chi connectivity index (χ3n) is 5.22. The van der Waals surface area contributed by atoms with Gasteiger partial charge in [0.15, 0.2) is 4.80 Å². The standard InChI is InChI=1S/C25H26N2O2S/c1-4-29-13-12-27-22-15-17(2)14-18(3)24(22)30-25(27)26-23(28)16-20-10-7-9-19-8-5-6-11-21(19)20/h5-11,14-15H,4,12-13,16H2,1-3H3. The number of fused-ring (bicyclic) bond motifs is 2. The molecule has 0 fully saturated rings. The molecule has 0 saturated heterocycles. The fourth-order valence-electron chi connectivity index (χ4n) is 3.87. The van der Waals surface area contributed by atoms with Gasteiger partial charge in [-0.15, -0.1) is 0 Å². The van der Waals surface area contributed by atoms with Gasteiger partial charge in [0.2, 0.25) is 0 Å². The van der Waals surface area contributed by atoms with E-state index in [1.807, 2.05) is 31.2 Å². The summed E-state index contributed by atoms with van der Waals surface area (Å²) in [7, 11) is 0. The maximum Gasteiger partial charge on any atom is 0.252 e. The summed E-state index contributed by atoms with van der Waals surface area (Å²) in [4.78, 5) is 18.2. The Morgan fingerprint density at radius 2 is 1.90 bits per heavy atom. The molecule has 0 spiro atoms. The first-order valence-electron chi connectivity index (χ1n) is 10.3. The molecule has 154 valence electrons. The molecule has 0 atom stereocenters. The van der Waals surface area contributed by atoms with Crippen LogP contribution in [0.4, 0.5) is 0 Å². The lowest BCUT2D eigenvalue weighted by Crippen LogP contribution is -2.20. The zero-order valence-electron chi connectivity index (χ0n) is 17.6. The van der Waals surface area contributed by atoms with Gasteiger partial charge < -0.3 is 9.30 Å². The Morgan fingerprint density at radius 3 is 2.73 bits per heavy atom. The van der Waals surface area contributed by atoms with Crippen molar-refractivity contribution in [1.29, 1.82) is 0 Å². The van der Waals surface area contributed by atoms with Crippen molar-refractivity contribution in [2.24, 2.45) is 4.99 Å².